The third-order valence-electron chi connectivity index (χ3n) is 6.21. The number of imidazole rings is 1. The monoisotopic (exact) mass is 497 g/mol. The van der Waals surface area contributed by atoms with E-state index >= 15 is 0 Å². The van der Waals surface area contributed by atoms with E-state index in [0.29, 0.717) is 24.7 Å². The SMILES string of the molecule is CNS(=O)(=O)c1ccc(Cc2nc3c([nH]2)c(=O)n(Cc2ccccc2F)c(=O)n3CC2CC2)cc1. The van der Waals surface area contributed by atoms with E-state index in [1.54, 1.807) is 30.3 Å². The minimum absolute atomic E-state index is 0.141. The van der Waals surface area contributed by atoms with Crippen molar-refractivity contribution in [3.63, 3.8) is 0 Å². The molecule has 0 atom stereocenters. The third-order valence-corrected chi connectivity index (χ3v) is 7.64. The Morgan fingerprint density at radius 1 is 1.09 bits per heavy atom. The molecule has 0 bridgehead atoms. The fourth-order valence-corrected chi connectivity index (χ4v) is 4.79. The van der Waals surface area contributed by atoms with E-state index in [1.165, 1.54) is 29.8 Å². The minimum Gasteiger partial charge on any atom is -0.336 e. The second kappa shape index (κ2) is 8.90. The van der Waals surface area contributed by atoms with Crippen molar-refractivity contribution >= 4 is 21.2 Å². The van der Waals surface area contributed by atoms with Crippen LogP contribution >= 0.6 is 0 Å². The number of benzene rings is 2. The molecule has 1 aliphatic rings. The fraction of sp³-hybridized carbons (Fsp3) is 0.292. The first-order chi connectivity index (χ1) is 16.8. The number of H-pyrrole nitrogens is 1. The number of sulfonamides is 1. The summed E-state index contributed by atoms with van der Waals surface area (Å²) in [4.78, 5) is 34.3. The molecular weight excluding hydrogens is 473 g/mol. The molecule has 11 heteroatoms. The van der Waals surface area contributed by atoms with Crippen LogP contribution in [0.25, 0.3) is 11.2 Å². The first-order valence-electron chi connectivity index (χ1n) is 11.2. The average Bonchev–Trinajstić information content (AvgIpc) is 3.58. The molecule has 182 valence electrons. The lowest BCUT2D eigenvalue weighted by Crippen LogP contribution is -2.40. The van der Waals surface area contributed by atoms with Gasteiger partial charge < -0.3 is 4.98 Å². The van der Waals surface area contributed by atoms with Crippen LogP contribution in [0.3, 0.4) is 0 Å². The van der Waals surface area contributed by atoms with E-state index in [1.807, 2.05) is 0 Å². The maximum atomic E-state index is 14.3. The predicted molar refractivity (Wildman–Crippen MR) is 128 cm³/mol. The van der Waals surface area contributed by atoms with E-state index in [9.17, 15) is 22.4 Å². The number of aromatic nitrogens is 4. The zero-order valence-electron chi connectivity index (χ0n) is 19.0. The standard InChI is InChI=1S/C24H24FN5O4S/c1-26-35(33,34)18-10-8-15(9-11-18)12-20-27-21-22(28-20)29(13-16-6-7-16)24(32)30(23(21)31)14-17-4-2-3-5-19(17)25/h2-5,8-11,16,26H,6-7,12-14H2,1H3,(H,27,28). The van der Waals surface area contributed by atoms with Gasteiger partial charge in [0.25, 0.3) is 5.56 Å². The third kappa shape index (κ3) is 4.56. The van der Waals surface area contributed by atoms with E-state index in [0.717, 1.165) is 23.0 Å². The van der Waals surface area contributed by atoms with Gasteiger partial charge >= 0.3 is 5.69 Å². The van der Waals surface area contributed by atoms with Crippen LogP contribution in [0.4, 0.5) is 4.39 Å². The van der Waals surface area contributed by atoms with Crippen molar-refractivity contribution in [3.05, 3.63) is 92.1 Å². The van der Waals surface area contributed by atoms with Gasteiger partial charge in [0.05, 0.1) is 11.4 Å². The summed E-state index contributed by atoms with van der Waals surface area (Å²) in [5.74, 6) is 0.327. The highest BCUT2D eigenvalue weighted by Gasteiger charge is 2.26. The molecule has 1 aliphatic carbocycles. The zero-order chi connectivity index (χ0) is 24.7. The summed E-state index contributed by atoms with van der Waals surface area (Å²) in [7, 11) is -2.20. The number of hydrogen-bond acceptors (Lipinski definition) is 5. The molecule has 2 N–H and O–H groups in total. The van der Waals surface area contributed by atoms with Gasteiger partial charge in [0.15, 0.2) is 5.65 Å². The van der Waals surface area contributed by atoms with Crippen molar-refractivity contribution in [1.82, 2.24) is 23.8 Å². The summed E-state index contributed by atoms with van der Waals surface area (Å²) in [6.45, 7) is 0.258. The summed E-state index contributed by atoms with van der Waals surface area (Å²) in [6.07, 6.45) is 2.30. The van der Waals surface area contributed by atoms with Crippen molar-refractivity contribution in [2.24, 2.45) is 5.92 Å². The summed E-state index contributed by atoms with van der Waals surface area (Å²) in [6, 6.07) is 12.4. The smallest absolute Gasteiger partial charge is 0.333 e. The number of aromatic amines is 1. The maximum Gasteiger partial charge on any atom is 0.333 e. The maximum absolute atomic E-state index is 14.3. The van der Waals surface area contributed by atoms with Crippen molar-refractivity contribution in [2.75, 3.05) is 7.05 Å². The second-order valence-electron chi connectivity index (χ2n) is 8.73. The number of halogens is 1. The second-order valence-corrected chi connectivity index (χ2v) is 10.6. The molecule has 0 unspecified atom stereocenters. The Morgan fingerprint density at radius 2 is 1.80 bits per heavy atom. The van der Waals surface area contributed by atoms with E-state index in [4.69, 9.17) is 0 Å². The van der Waals surface area contributed by atoms with Gasteiger partial charge in [-0.05, 0) is 49.6 Å². The molecule has 35 heavy (non-hydrogen) atoms. The van der Waals surface area contributed by atoms with Crippen LogP contribution in [0, 0.1) is 11.7 Å². The Kier molecular flexibility index (Phi) is 5.89. The molecule has 2 aromatic heterocycles. The largest absolute Gasteiger partial charge is 0.336 e. The normalized spacial score (nSPS) is 14.0. The number of rotatable bonds is 8. The van der Waals surface area contributed by atoms with E-state index in [2.05, 4.69) is 14.7 Å². The summed E-state index contributed by atoms with van der Waals surface area (Å²) < 4.78 is 43.0. The van der Waals surface area contributed by atoms with Crippen LogP contribution in [0.5, 0.6) is 0 Å². The quantitative estimate of drug-likeness (QED) is 0.386. The highest BCUT2D eigenvalue weighted by atomic mass is 32.2. The van der Waals surface area contributed by atoms with Gasteiger partial charge in [0.2, 0.25) is 10.0 Å². The Balaban J connectivity index is 1.55. The lowest BCUT2D eigenvalue weighted by Gasteiger charge is -2.11. The molecular formula is C24H24FN5O4S. The van der Waals surface area contributed by atoms with Crippen molar-refractivity contribution < 1.29 is 12.8 Å². The highest BCUT2D eigenvalue weighted by Crippen LogP contribution is 2.30. The van der Waals surface area contributed by atoms with Crippen LogP contribution in [0.1, 0.15) is 29.8 Å². The Bertz CT molecular complexity index is 1630. The van der Waals surface area contributed by atoms with Gasteiger partial charge in [-0.25, -0.2) is 27.3 Å². The molecule has 4 aromatic rings. The molecule has 5 rings (SSSR count). The average molecular weight is 498 g/mol. The van der Waals surface area contributed by atoms with Crippen molar-refractivity contribution in [2.45, 2.75) is 37.2 Å². The first kappa shape index (κ1) is 23.2. The molecule has 2 heterocycles. The van der Waals surface area contributed by atoms with Crippen LogP contribution < -0.4 is 16.0 Å². The topological polar surface area (TPSA) is 119 Å². The Hall–Kier alpha value is -3.57. The van der Waals surface area contributed by atoms with Gasteiger partial charge in [-0.3, -0.25) is 13.9 Å². The Labute approximate surface area is 200 Å². The van der Waals surface area contributed by atoms with Gasteiger partial charge in [0.1, 0.15) is 17.2 Å². The molecule has 2 aromatic carbocycles. The lowest BCUT2D eigenvalue weighted by molar-refractivity contribution is 0.548. The summed E-state index contributed by atoms with van der Waals surface area (Å²) in [5, 5.41) is 0. The van der Waals surface area contributed by atoms with Crippen LogP contribution in [-0.2, 0) is 29.5 Å². The van der Waals surface area contributed by atoms with E-state index < -0.39 is 27.1 Å². The molecule has 0 spiro atoms. The van der Waals surface area contributed by atoms with Gasteiger partial charge in [-0.2, -0.15) is 0 Å². The van der Waals surface area contributed by atoms with Gasteiger partial charge in [0, 0.05) is 18.5 Å². The Morgan fingerprint density at radius 3 is 2.46 bits per heavy atom. The van der Waals surface area contributed by atoms with E-state index in [-0.39, 0.29) is 28.2 Å². The predicted octanol–water partition coefficient (Wildman–Crippen LogP) is 1.98. The minimum atomic E-state index is -3.55. The molecule has 0 amide bonds. The molecule has 1 saturated carbocycles. The number of fused-ring (bicyclic) bond motifs is 1. The summed E-state index contributed by atoms with van der Waals surface area (Å²) >= 11 is 0. The highest BCUT2D eigenvalue weighted by molar-refractivity contribution is 7.89. The number of nitrogens with one attached hydrogen (secondary N) is 2. The van der Waals surface area contributed by atoms with Crippen LogP contribution in [0.2, 0.25) is 0 Å². The number of hydrogen-bond donors (Lipinski definition) is 2. The van der Waals surface area contributed by atoms with Crippen molar-refractivity contribution in [1.29, 1.82) is 0 Å². The number of nitrogens with zero attached hydrogens (tertiary/aromatic N) is 3. The van der Waals surface area contributed by atoms with Gasteiger partial charge in [-0.1, -0.05) is 30.3 Å². The molecule has 0 saturated heterocycles. The first-order valence-corrected chi connectivity index (χ1v) is 12.7. The summed E-state index contributed by atoms with van der Waals surface area (Å²) in [5.41, 5.74) is 0.418. The fourth-order valence-electron chi connectivity index (χ4n) is 4.06. The molecule has 9 nitrogen and oxygen atoms in total. The zero-order valence-corrected chi connectivity index (χ0v) is 19.8. The van der Waals surface area contributed by atoms with Crippen LogP contribution in [0.15, 0.2) is 63.0 Å². The lowest BCUT2D eigenvalue weighted by atomic mass is 10.1. The molecule has 0 radical (unpaired) electrons. The molecule has 1 fully saturated rings. The van der Waals surface area contributed by atoms with Crippen molar-refractivity contribution in [3.8, 4) is 0 Å². The van der Waals surface area contributed by atoms with Gasteiger partial charge in [-0.15, -0.1) is 0 Å². The molecule has 0 aliphatic heterocycles. The van der Waals surface area contributed by atoms with Crippen LogP contribution in [-0.4, -0.2) is 34.6 Å².